The maximum absolute atomic E-state index is 12.8. The van der Waals surface area contributed by atoms with Crippen LogP contribution in [0.4, 0.5) is 4.39 Å². The first-order valence-electron chi connectivity index (χ1n) is 3.24. The monoisotopic (exact) mass is 184 g/mol. The highest BCUT2D eigenvalue weighted by Crippen LogP contribution is 2.19. The van der Waals surface area contributed by atoms with Crippen molar-refractivity contribution >= 4 is 11.6 Å². The van der Waals surface area contributed by atoms with Crippen LogP contribution in [0, 0.1) is 18.2 Å². The summed E-state index contributed by atoms with van der Waals surface area (Å²) in [5.41, 5.74) is 0.333. The predicted molar refractivity (Wildman–Crippen MR) is 45.2 cm³/mol. The van der Waals surface area contributed by atoms with Gasteiger partial charge in [-0.2, -0.15) is 0 Å². The smallest absolute Gasteiger partial charge is 0.142 e. The van der Waals surface area contributed by atoms with Gasteiger partial charge >= 0.3 is 0 Å². The third-order valence-corrected chi connectivity index (χ3v) is 1.72. The normalized spacial score (nSPS) is 12.2. The van der Waals surface area contributed by atoms with E-state index in [1.807, 2.05) is 0 Å². The van der Waals surface area contributed by atoms with Gasteiger partial charge in [0.25, 0.3) is 0 Å². The molecule has 0 bridgehead atoms. The molecule has 1 aromatic carbocycles. The lowest BCUT2D eigenvalue weighted by Gasteiger charge is -2.03. The topological polar surface area (TPSA) is 20.2 Å². The molecule has 0 spiro atoms. The van der Waals surface area contributed by atoms with E-state index in [1.165, 1.54) is 12.1 Å². The van der Waals surface area contributed by atoms with Crippen molar-refractivity contribution in [2.75, 3.05) is 0 Å². The van der Waals surface area contributed by atoms with E-state index in [9.17, 15) is 4.39 Å². The Bertz CT molecular complexity index is 330. The quantitative estimate of drug-likeness (QED) is 0.663. The van der Waals surface area contributed by atoms with E-state index < -0.39 is 11.9 Å². The van der Waals surface area contributed by atoms with E-state index in [4.69, 9.17) is 23.1 Å². The Morgan fingerprint density at radius 1 is 1.58 bits per heavy atom. The van der Waals surface area contributed by atoms with Gasteiger partial charge in [0.05, 0.1) is 5.02 Å². The standard InChI is InChI=1S/C9H6ClFO/c1-2-9(12)6-3-4-7(10)8(11)5-6/h1,3-5,9,12H. The fourth-order valence-corrected chi connectivity index (χ4v) is 0.896. The molecule has 0 aliphatic heterocycles. The summed E-state index contributed by atoms with van der Waals surface area (Å²) in [6.07, 6.45) is 3.86. The SMILES string of the molecule is C#CC(O)c1ccc(Cl)c(F)c1. The number of rotatable bonds is 1. The van der Waals surface area contributed by atoms with Gasteiger partial charge < -0.3 is 5.11 Å². The minimum atomic E-state index is -1.07. The van der Waals surface area contributed by atoms with Crippen LogP contribution in [0.25, 0.3) is 0 Å². The number of hydrogen-bond acceptors (Lipinski definition) is 1. The van der Waals surface area contributed by atoms with Crippen LogP contribution in [0.3, 0.4) is 0 Å². The molecule has 0 radical (unpaired) electrons. The number of benzene rings is 1. The summed E-state index contributed by atoms with van der Waals surface area (Å²) in [7, 11) is 0. The highest BCUT2D eigenvalue weighted by atomic mass is 35.5. The summed E-state index contributed by atoms with van der Waals surface area (Å²) in [6.45, 7) is 0. The van der Waals surface area contributed by atoms with E-state index in [2.05, 4.69) is 5.92 Å². The molecule has 0 aliphatic rings. The number of terminal acetylenes is 1. The molecule has 1 aromatic rings. The van der Waals surface area contributed by atoms with Crippen molar-refractivity contribution in [2.24, 2.45) is 0 Å². The summed E-state index contributed by atoms with van der Waals surface area (Å²) < 4.78 is 12.8. The van der Waals surface area contributed by atoms with Crippen LogP contribution in [0.5, 0.6) is 0 Å². The average molecular weight is 185 g/mol. The van der Waals surface area contributed by atoms with Crippen molar-refractivity contribution in [2.45, 2.75) is 6.10 Å². The van der Waals surface area contributed by atoms with E-state index in [-0.39, 0.29) is 5.02 Å². The van der Waals surface area contributed by atoms with Gasteiger partial charge in [-0.15, -0.1) is 6.42 Å². The summed E-state index contributed by atoms with van der Waals surface area (Å²) in [5, 5.41) is 9.12. The number of aliphatic hydroxyl groups is 1. The lowest BCUT2D eigenvalue weighted by Crippen LogP contribution is -1.93. The maximum atomic E-state index is 12.8. The van der Waals surface area contributed by atoms with Crippen LogP contribution in [-0.2, 0) is 0 Å². The second-order valence-electron chi connectivity index (χ2n) is 2.24. The fourth-order valence-electron chi connectivity index (χ4n) is 0.779. The molecule has 1 N–H and O–H groups in total. The molecule has 1 unspecified atom stereocenters. The minimum absolute atomic E-state index is 0.0166. The van der Waals surface area contributed by atoms with Gasteiger partial charge in [-0.25, -0.2) is 4.39 Å². The molecule has 3 heteroatoms. The first-order chi connectivity index (χ1) is 5.65. The molecule has 0 amide bonds. The second kappa shape index (κ2) is 3.57. The Balaban J connectivity index is 3.06. The van der Waals surface area contributed by atoms with Crippen LogP contribution in [0.2, 0.25) is 5.02 Å². The van der Waals surface area contributed by atoms with Crippen molar-refractivity contribution < 1.29 is 9.50 Å². The summed E-state index contributed by atoms with van der Waals surface area (Å²) in [4.78, 5) is 0. The van der Waals surface area contributed by atoms with Gasteiger partial charge in [0.1, 0.15) is 11.9 Å². The molecule has 12 heavy (non-hydrogen) atoms. The van der Waals surface area contributed by atoms with Crippen molar-refractivity contribution in [3.8, 4) is 12.3 Å². The van der Waals surface area contributed by atoms with E-state index in [0.29, 0.717) is 5.56 Å². The molecule has 1 rings (SSSR count). The second-order valence-corrected chi connectivity index (χ2v) is 2.65. The maximum Gasteiger partial charge on any atom is 0.142 e. The third kappa shape index (κ3) is 1.76. The molecular formula is C9H6ClFO. The van der Waals surface area contributed by atoms with Gasteiger partial charge in [0, 0.05) is 0 Å². The highest BCUT2D eigenvalue weighted by molar-refractivity contribution is 6.30. The van der Waals surface area contributed by atoms with Gasteiger partial charge in [-0.05, 0) is 17.7 Å². The predicted octanol–water partition coefficient (Wildman–Crippen LogP) is 2.15. The first kappa shape index (κ1) is 9.05. The van der Waals surface area contributed by atoms with E-state index in [0.717, 1.165) is 6.07 Å². The van der Waals surface area contributed by atoms with Crippen LogP contribution in [0.1, 0.15) is 11.7 Å². The fraction of sp³-hybridized carbons (Fsp3) is 0.111. The molecule has 62 valence electrons. The molecule has 0 heterocycles. The molecule has 0 saturated carbocycles. The molecule has 1 nitrogen and oxygen atoms in total. The van der Waals surface area contributed by atoms with Gasteiger partial charge in [0.15, 0.2) is 0 Å². The highest BCUT2D eigenvalue weighted by Gasteiger charge is 2.06. The van der Waals surface area contributed by atoms with Crippen molar-refractivity contribution in [3.05, 3.63) is 34.6 Å². The summed E-state index contributed by atoms with van der Waals surface area (Å²) >= 11 is 5.42. The van der Waals surface area contributed by atoms with E-state index in [1.54, 1.807) is 0 Å². The van der Waals surface area contributed by atoms with Crippen LogP contribution in [0.15, 0.2) is 18.2 Å². The van der Waals surface area contributed by atoms with Crippen LogP contribution >= 0.6 is 11.6 Å². The Morgan fingerprint density at radius 2 is 2.25 bits per heavy atom. The van der Waals surface area contributed by atoms with E-state index >= 15 is 0 Å². The summed E-state index contributed by atoms with van der Waals surface area (Å²) in [5.74, 6) is 1.49. The van der Waals surface area contributed by atoms with Crippen LogP contribution in [-0.4, -0.2) is 5.11 Å². The van der Waals surface area contributed by atoms with Crippen molar-refractivity contribution in [1.82, 2.24) is 0 Å². The lowest BCUT2D eigenvalue weighted by atomic mass is 10.1. The third-order valence-electron chi connectivity index (χ3n) is 1.42. The molecule has 0 saturated heterocycles. The zero-order valence-corrected chi connectivity index (χ0v) is 6.85. The molecular weight excluding hydrogens is 179 g/mol. The molecule has 1 atom stereocenters. The zero-order chi connectivity index (χ0) is 9.14. The van der Waals surface area contributed by atoms with Crippen molar-refractivity contribution in [3.63, 3.8) is 0 Å². The van der Waals surface area contributed by atoms with Gasteiger partial charge in [-0.3, -0.25) is 0 Å². The van der Waals surface area contributed by atoms with Crippen molar-refractivity contribution in [1.29, 1.82) is 0 Å². The molecule has 0 aromatic heterocycles. The molecule has 0 fully saturated rings. The largest absolute Gasteiger partial charge is 0.376 e. The number of aliphatic hydroxyl groups excluding tert-OH is 1. The Labute approximate surface area is 74.8 Å². The lowest BCUT2D eigenvalue weighted by molar-refractivity contribution is 0.238. The Kier molecular flexibility index (Phi) is 2.69. The Morgan fingerprint density at radius 3 is 2.75 bits per heavy atom. The number of hydrogen-bond donors (Lipinski definition) is 1. The summed E-state index contributed by atoms with van der Waals surface area (Å²) in [6, 6.07) is 3.95. The van der Waals surface area contributed by atoms with Gasteiger partial charge in [0.2, 0.25) is 0 Å². The Hall–Kier alpha value is -1.04. The number of halogens is 2. The average Bonchev–Trinajstić information content (AvgIpc) is 2.08. The van der Waals surface area contributed by atoms with Gasteiger partial charge in [-0.1, -0.05) is 23.6 Å². The zero-order valence-electron chi connectivity index (χ0n) is 6.09. The first-order valence-corrected chi connectivity index (χ1v) is 3.62. The van der Waals surface area contributed by atoms with Crippen LogP contribution < -0.4 is 0 Å². The minimum Gasteiger partial charge on any atom is -0.376 e. The molecule has 0 aliphatic carbocycles.